The van der Waals surface area contributed by atoms with Crippen molar-refractivity contribution in [2.45, 2.75) is 20.8 Å². The van der Waals surface area contributed by atoms with Gasteiger partial charge in [-0.2, -0.15) is 0 Å². The highest BCUT2D eigenvalue weighted by Crippen LogP contribution is 2.27. The largest absolute Gasteiger partial charge is 0.360 e. The molecule has 1 N–H and O–H groups in total. The molecule has 122 valence electrons. The molecular formula is C19H17FN2O2. The first kappa shape index (κ1) is 15.9. The highest BCUT2D eigenvalue weighted by molar-refractivity contribution is 6.09. The second-order valence-corrected chi connectivity index (χ2v) is 5.67. The van der Waals surface area contributed by atoms with E-state index in [1.54, 1.807) is 19.1 Å². The number of benzene rings is 2. The monoisotopic (exact) mass is 324 g/mol. The summed E-state index contributed by atoms with van der Waals surface area (Å²) in [5.41, 5.74) is 4.21. The minimum atomic E-state index is -0.347. The molecule has 0 fully saturated rings. The first-order valence-electron chi connectivity index (χ1n) is 7.57. The molecule has 0 aliphatic heterocycles. The maximum Gasteiger partial charge on any atom is 0.261 e. The van der Waals surface area contributed by atoms with Gasteiger partial charge in [0.1, 0.15) is 22.8 Å². The maximum atomic E-state index is 13.1. The third-order valence-corrected chi connectivity index (χ3v) is 4.06. The number of hydrogen-bond donors (Lipinski definition) is 1. The molecule has 1 amide bonds. The Bertz CT molecular complexity index is 898. The van der Waals surface area contributed by atoms with Crippen molar-refractivity contribution in [2.75, 3.05) is 5.32 Å². The maximum absolute atomic E-state index is 13.1. The summed E-state index contributed by atoms with van der Waals surface area (Å²) in [5, 5.41) is 6.86. The molecule has 0 unspecified atom stereocenters. The van der Waals surface area contributed by atoms with Gasteiger partial charge in [-0.15, -0.1) is 0 Å². The van der Waals surface area contributed by atoms with Gasteiger partial charge in [0.05, 0.1) is 0 Å². The second kappa shape index (κ2) is 6.28. The lowest BCUT2D eigenvalue weighted by Gasteiger charge is -2.10. The minimum absolute atomic E-state index is 0.304. The predicted octanol–water partition coefficient (Wildman–Crippen LogP) is 4.66. The van der Waals surface area contributed by atoms with Crippen molar-refractivity contribution in [3.05, 3.63) is 70.7 Å². The third kappa shape index (κ3) is 2.93. The molecule has 0 radical (unpaired) electrons. The molecule has 0 atom stereocenters. The Hall–Kier alpha value is -2.95. The van der Waals surface area contributed by atoms with Gasteiger partial charge in [0, 0.05) is 11.3 Å². The molecule has 1 aromatic heterocycles. The van der Waals surface area contributed by atoms with E-state index in [1.807, 2.05) is 32.0 Å². The smallest absolute Gasteiger partial charge is 0.261 e. The van der Waals surface area contributed by atoms with E-state index in [0.29, 0.717) is 22.6 Å². The molecule has 3 rings (SSSR count). The predicted molar refractivity (Wildman–Crippen MR) is 90.5 cm³/mol. The zero-order chi connectivity index (χ0) is 17.3. The summed E-state index contributed by atoms with van der Waals surface area (Å²) in [4.78, 5) is 12.7. The van der Waals surface area contributed by atoms with Crippen LogP contribution < -0.4 is 5.32 Å². The number of anilines is 1. The Morgan fingerprint density at radius 2 is 1.79 bits per heavy atom. The fourth-order valence-electron chi connectivity index (χ4n) is 2.52. The fourth-order valence-corrected chi connectivity index (χ4v) is 2.52. The van der Waals surface area contributed by atoms with Crippen LogP contribution in [-0.2, 0) is 0 Å². The first-order valence-corrected chi connectivity index (χ1v) is 7.57. The molecule has 2 aromatic carbocycles. The number of aromatic nitrogens is 1. The van der Waals surface area contributed by atoms with Gasteiger partial charge in [0.25, 0.3) is 5.91 Å². The summed E-state index contributed by atoms with van der Waals surface area (Å²) in [6.07, 6.45) is 0. The van der Waals surface area contributed by atoms with Crippen LogP contribution in [0.25, 0.3) is 11.3 Å². The van der Waals surface area contributed by atoms with Crippen LogP contribution in [0.5, 0.6) is 0 Å². The molecule has 3 aromatic rings. The van der Waals surface area contributed by atoms with Crippen molar-refractivity contribution in [2.24, 2.45) is 0 Å². The van der Waals surface area contributed by atoms with Gasteiger partial charge in [-0.25, -0.2) is 4.39 Å². The number of rotatable bonds is 3. The van der Waals surface area contributed by atoms with E-state index in [1.165, 1.54) is 12.1 Å². The van der Waals surface area contributed by atoms with E-state index in [9.17, 15) is 9.18 Å². The zero-order valence-corrected chi connectivity index (χ0v) is 13.7. The average Bonchev–Trinajstić information content (AvgIpc) is 2.94. The Labute approximate surface area is 139 Å². The number of nitrogens with zero attached hydrogens (tertiary/aromatic N) is 1. The first-order chi connectivity index (χ1) is 11.5. The molecule has 0 spiro atoms. The highest BCUT2D eigenvalue weighted by atomic mass is 19.1. The van der Waals surface area contributed by atoms with Gasteiger partial charge in [-0.1, -0.05) is 17.3 Å². The van der Waals surface area contributed by atoms with E-state index < -0.39 is 0 Å². The van der Waals surface area contributed by atoms with E-state index in [-0.39, 0.29) is 11.7 Å². The molecule has 0 saturated heterocycles. The lowest BCUT2D eigenvalue weighted by atomic mass is 10.0. The lowest BCUT2D eigenvalue weighted by Crippen LogP contribution is -2.14. The zero-order valence-electron chi connectivity index (χ0n) is 13.7. The summed E-state index contributed by atoms with van der Waals surface area (Å²) in [7, 11) is 0. The summed E-state index contributed by atoms with van der Waals surface area (Å²) >= 11 is 0. The summed E-state index contributed by atoms with van der Waals surface area (Å²) in [6.45, 7) is 5.62. The van der Waals surface area contributed by atoms with Crippen molar-refractivity contribution < 1.29 is 13.7 Å². The standard InChI is InChI=1S/C19H17FN2O2/c1-11-5-4-6-16(12(11)2)21-19(23)17-13(3)24-22-18(17)14-7-9-15(20)10-8-14/h4-10H,1-3H3,(H,21,23). The van der Waals surface area contributed by atoms with Crippen molar-refractivity contribution in [3.8, 4) is 11.3 Å². The van der Waals surface area contributed by atoms with Crippen LogP contribution in [0.1, 0.15) is 27.2 Å². The number of carbonyl (C=O) groups excluding carboxylic acids is 1. The van der Waals surface area contributed by atoms with Gasteiger partial charge in [-0.3, -0.25) is 4.79 Å². The van der Waals surface area contributed by atoms with Crippen LogP contribution in [0.4, 0.5) is 10.1 Å². The van der Waals surface area contributed by atoms with Crippen LogP contribution >= 0.6 is 0 Å². The van der Waals surface area contributed by atoms with Crippen LogP contribution in [0.2, 0.25) is 0 Å². The Morgan fingerprint density at radius 1 is 1.08 bits per heavy atom. The van der Waals surface area contributed by atoms with Crippen LogP contribution in [-0.4, -0.2) is 11.1 Å². The molecule has 0 aliphatic carbocycles. The SMILES string of the molecule is Cc1cccc(NC(=O)c2c(-c3ccc(F)cc3)noc2C)c1C. The van der Waals surface area contributed by atoms with E-state index in [2.05, 4.69) is 10.5 Å². The summed E-state index contributed by atoms with van der Waals surface area (Å²) in [5.74, 6) is -0.237. The topological polar surface area (TPSA) is 55.1 Å². The number of halogens is 1. The van der Waals surface area contributed by atoms with Gasteiger partial charge in [0.15, 0.2) is 0 Å². The van der Waals surface area contributed by atoms with Crippen molar-refractivity contribution in [1.82, 2.24) is 5.16 Å². The minimum Gasteiger partial charge on any atom is -0.360 e. The number of carbonyl (C=O) groups is 1. The van der Waals surface area contributed by atoms with E-state index in [4.69, 9.17) is 4.52 Å². The van der Waals surface area contributed by atoms with Crippen LogP contribution in [0.3, 0.4) is 0 Å². The van der Waals surface area contributed by atoms with E-state index in [0.717, 1.165) is 16.8 Å². The summed E-state index contributed by atoms with van der Waals surface area (Å²) in [6, 6.07) is 11.5. The number of hydrogen-bond acceptors (Lipinski definition) is 3. The highest BCUT2D eigenvalue weighted by Gasteiger charge is 2.22. The molecule has 1 heterocycles. The quantitative estimate of drug-likeness (QED) is 0.762. The molecule has 5 heteroatoms. The molecule has 4 nitrogen and oxygen atoms in total. The Kier molecular flexibility index (Phi) is 4.16. The molecule has 24 heavy (non-hydrogen) atoms. The van der Waals surface area contributed by atoms with Gasteiger partial charge >= 0.3 is 0 Å². The number of nitrogens with one attached hydrogen (secondary N) is 1. The fraction of sp³-hybridized carbons (Fsp3) is 0.158. The van der Waals surface area contributed by atoms with Crippen molar-refractivity contribution in [1.29, 1.82) is 0 Å². The van der Waals surface area contributed by atoms with Crippen molar-refractivity contribution in [3.63, 3.8) is 0 Å². The van der Waals surface area contributed by atoms with Gasteiger partial charge < -0.3 is 9.84 Å². The Balaban J connectivity index is 1.97. The number of aryl methyl sites for hydroxylation is 2. The lowest BCUT2D eigenvalue weighted by molar-refractivity contribution is 0.102. The normalized spacial score (nSPS) is 10.7. The van der Waals surface area contributed by atoms with Crippen LogP contribution in [0.15, 0.2) is 47.0 Å². The van der Waals surface area contributed by atoms with Gasteiger partial charge in [-0.05, 0) is 62.2 Å². The van der Waals surface area contributed by atoms with Gasteiger partial charge in [0.2, 0.25) is 0 Å². The molecule has 0 aliphatic rings. The number of amides is 1. The second-order valence-electron chi connectivity index (χ2n) is 5.67. The average molecular weight is 324 g/mol. The molecule has 0 saturated carbocycles. The third-order valence-electron chi connectivity index (χ3n) is 4.06. The Morgan fingerprint density at radius 3 is 2.50 bits per heavy atom. The molecular weight excluding hydrogens is 307 g/mol. The van der Waals surface area contributed by atoms with Crippen molar-refractivity contribution >= 4 is 11.6 Å². The molecule has 0 bridgehead atoms. The van der Waals surface area contributed by atoms with Crippen LogP contribution in [0, 0.1) is 26.6 Å². The van der Waals surface area contributed by atoms with E-state index >= 15 is 0 Å². The summed E-state index contributed by atoms with van der Waals surface area (Å²) < 4.78 is 18.3.